The Bertz CT molecular complexity index is 1000. The number of nitro groups is 1. The van der Waals surface area contributed by atoms with Gasteiger partial charge in [0.1, 0.15) is 4.32 Å². The molecule has 1 fully saturated rings. The second kappa shape index (κ2) is 8.97. The van der Waals surface area contributed by atoms with Crippen LogP contribution in [0.5, 0.6) is 0 Å². The van der Waals surface area contributed by atoms with Gasteiger partial charge in [0.15, 0.2) is 0 Å². The number of aryl methyl sites for hydroxylation is 1. The normalized spacial score (nSPS) is 15.1. The highest BCUT2D eigenvalue weighted by Gasteiger charge is 2.32. The second-order valence-corrected chi connectivity index (χ2v) is 8.02. The summed E-state index contributed by atoms with van der Waals surface area (Å²) in [7, 11) is 0. The Labute approximate surface area is 176 Å². The van der Waals surface area contributed by atoms with E-state index in [9.17, 15) is 19.7 Å². The third kappa shape index (κ3) is 5.27. The van der Waals surface area contributed by atoms with Gasteiger partial charge in [-0.3, -0.25) is 24.6 Å². The minimum absolute atomic E-state index is 0.0547. The Morgan fingerprint density at radius 3 is 2.48 bits per heavy atom. The molecule has 0 radical (unpaired) electrons. The number of hydrogen-bond acceptors (Lipinski definition) is 6. The molecule has 0 aromatic heterocycles. The fraction of sp³-hybridized carbons (Fsp3) is 0.150. The van der Waals surface area contributed by atoms with E-state index in [1.54, 1.807) is 6.08 Å². The van der Waals surface area contributed by atoms with Gasteiger partial charge < -0.3 is 5.32 Å². The first-order chi connectivity index (χ1) is 13.8. The van der Waals surface area contributed by atoms with Crippen LogP contribution in [-0.4, -0.2) is 32.5 Å². The molecule has 0 spiro atoms. The number of nitro benzene ring substituents is 1. The molecule has 2 aromatic carbocycles. The van der Waals surface area contributed by atoms with Gasteiger partial charge in [0.2, 0.25) is 5.91 Å². The number of thioether (sulfide) groups is 1. The van der Waals surface area contributed by atoms with Crippen LogP contribution in [0, 0.1) is 17.0 Å². The molecule has 0 aliphatic carbocycles. The summed E-state index contributed by atoms with van der Waals surface area (Å²) >= 11 is 6.50. The van der Waals surface area contributed by atoms with Gasteiger partial charge in [0, 0.05) is 30.8 Å². The Kier molecular flexibility index (Phi) is 6.40. The monoisotopic (exact) mass is 427 g/mol. The molecule has 3 rings (SSSR count). The molecule has 1 N–H and O–H groups in total. The maximum atomic E-state index is 12.6. The van der Waals surface area contributed by atoms with E-state index >= 15 is 0 Å². The SMILES string of the molecule is Cc1ccc(/C=C2\SC(=S)N(CCC(=O)Nc3ccc([N+](=O)[O-])cc3)C2=O)cc1. The number of rotatable bonds is 6. The van der Waals surface area contributed by atoms with Crippen LogP contribution in [0.2, 0.25) is 0 Å². The van der Waals surface area contributed by atoms with Crippen LogP contribution < -0.4 is 5.32 Å². The molecule has 2 amide bonds. The summed E-state index contributed by atoms with van der Waals surface area (Å²) in [5.41, 5.74) is 2.44. The maximum Gasteiger partial charge on any atom is 0.269 e. The molecule has 1 aliphatic rings. The van der Waals surface area contributed by atoms with Crippen LogP contribution in [0.3, 0.4) is 0 Å². The van der Waals surface area contributed by atoms with Gasteiger partial charge >= 0.3 is 0 Å². The first-order valence-corrected chi connectivity index (χ1v) is 9.92. The first-order valence-electron chi connectivity index (χ1n) is 8.70. The third-order valence-electron chi connectivity index (χ3n) is 4.17. The lowest BCUT2D eigenvalue weighted by molar-refractivity contribution is -0.384. The van der Waals surface area contributed by atoms with Crippen molar-refractivity contribution in [3.05, 3.63) is 74.7 Å². The number of carbonyl (C=O) groups excluding carboxylic acids is 2. The Hall–Kier alpha value is -3.04. The van der Waals surface area contributed by atoms with E-state index < -0.39 is 4.92 Å². The van der Waals surface area contributed by atoms with Crippen molar-refractivity contribution >= 4 is 57.6 Å². The maximum absolute atomic E-state index is 12.6. The van der Waals surface area contributed by atoms with Crippen molar-refractivity contribution in [2.24, 2.45) is 0 Å². The van der Waals surface area contributed by atoms with Crippen LogP contribution in [0.15, 0.2) is 53.4 Å². The van der Waals surface area contributed by atoms with E-state index in [4.69, 9.17) is 12.2 Å². The van der Waals surface area contributed by atoms with Gasteiger partial charge in [-0.1, -0.05) is 53.8 Å². The van der Waals surface area contributed by atoms with E-state index in [0.717, 1.165) is 11.1 Å². The number of hydrogen-bond donors (Lipinski definition) is 1. The Balaban J connectivity index is 1.57. The molecule has 0 atom stereocenters. The summed E-state index contributed by atoms with van der Waals surface area (Å²) in [6, 6.07) is 13.3. The molecule has 1 heterocycles. The molecular formula is C20H17N3O4S2. The number of thiocarbonyl (C=S) groups is 1. The average Bonchev–Trinajstić information content (AvgIpc) is 2.95. The van der Waals surface area contributed by atoms with Crippen molar-refractivity contribution in [2.45, 2.75) is 13.3 Å². The van der Waals surface area contributed by atoms with Crippen molar-refractivity contribution in [3.8, 4) is 0 Å². The van der Waals surface area contributed by atoms with Crippen LogP contribution in [0.1, 0.15) is 17.5 Å². The third-order valence-corrected chi connectivity index (χ3v) is 5.55. The number of carbonyl (C=O) groups is 2. The van der Waals surface area contributed by atoms with E-state index in [2.05, 4.69) is 5.32 Å². The average molecular weight is 428 g/mol. The Morgan fingerprint density at radius 1 is 1.21 bits per heavy atom. The van der Waals surface area contributed by atoms with E-state index in [1.807, 2.05) is 31.2 Å². The summed E-state index contributed by atoms with van der Waals surface area (Å²) in [5.74, 6) is -0.529. The van der Waals surface area contributed by atoms with Crippen molar-refractivity contribution in [2.75, 3.05) is 11.9 Å². The Morgan fingerprint density at radius 2 is 1.86 bits per heavy atom. The molecule has 0 saturated carbocycles. The summed E-state index contributed by atoms with van der Waals surface area (Å²) < 4.78 is 0.413. The summed E-state index contributed by atoms with van der Waals surface area (Å²) in [6.07, 6.45) is 1.84. The molecule has 9 heteroatoms. The van der Waals surface area contributed by atoms with Crippen molar-refractivity contribution in [1.82, 2.24) is 4.90 Å². The zero-order chi connectivity index (χ0) is 21.0. The van der Waals surface area contributed by atoms with Gasteiger partial charge in [-0.05, 0) is 30.7 Å². The predicted molar refractivity (Wildman–Crippen MR) is 117 cm³/mol. The minimum atomic E-state index is -0.509. The lowest BCUT2D eigenvalue weighted by Gasteiger charge is -2.14. The van der Waals surface area contributed by atoms with Crippen LogP contribution >= 0.6 is 24.0 Å². The molecule has 7 nitrogen and oxygen atoms in total. The molecule has 2 aromatic rings. The van der Waals surface area contributed by atoms with E-state index in [-0.39, 0.29) is 30.5 Å². The van der Waals surface area contributed by atoms with Crippen LogP contribution in [-0.2, 0) is 9.59 Å². The molecule has 1 aliphatic heterocycles. The van der Waals surface area contributed by atoms with Gasteiger partial charge in [-0.15, -0.1) is 0 Å². The zero-order valence-electron chi connectivity index (χ0n) is 15.5. The van der Waals surface area contributed by atoms with Crippen molar-refractivity contribution in [3.63, 3.8) is 0 Å². The van der Waals surface area contributed by atoms with Gasteiger partial charge in [-0.2, -0.15) is 0 Å². The highest BCUT2D eigenvalue weighted by atomic mass is 32.2. The largest absolute Gasteiger partial charge is 0.326 e. The number of anilines is 1. The van der Waals surface area contributed by atoms with Crippen LogP contribution in [0.25, 0.3) is 6.08 Å². The summed E-state index contributed by atoms with van der Waals surface area (Å²) in [4.78, 5) is 36.9. The first kappa shape index (κ1) is 20.7. The molecule has 0 unspecified atom stereocenters. The standard InChI is InChI=1S/C20H17N3O4S2/c1-13-2-4-14(5-3-13)12-17-19(25)22(20(28)29-17)11-10-18(24)21-15-6-8-16(9-7-15)23(26)27/h2-9,12H,10-11H2,1H3,(H,21,24)/b17-12-. The zero-order valence-corrected chi connectivity index (χ0v) is 17.1. The fourth-order valence-corrected chi connectivity index (χ4v) is 3.92. The van der Waals surface area contributed by atoms with Crippen molar-refractivity contribution in [1.29, 1.82) is 0 Å². The van der Waals surface area contributed by atoms with E-state index in [1.165, 1.54) is 40.9 Å². The highest BCUT2D eigenvalue weighted by molar-refractivity contribution is 8.26. The lowest BCUT2D eigenvalue weighted by Crippen LogP contribution is -2.31. The lowest BCUT2D eigenvalue weighted by atomic mass is 10.1. The number of amides is 2. The molecule has 148 valence electrons. The second-order valence-electron chi connectivity index (χ2n) is 6.35. The van der Waals surface area contributed by atoms with Crippen LogP contribution in [0.4, 0.5) is 11.4 Å². The molecular weight excluding hydrogens is 410 g/mol. The molecule has 0 bridgehead atoms. The number of nitrogens with one attached hydrogen (secondary N) is 1. The van der Waals surface area contributed by atoms with Gasteiger partial charge in [0.25, 0.3) is 11.6 Å². The highest BCUT2D eigenvalue weighted by Crippen LogP contribution is 2.32. The minimum Gasteiger partial charge on any atom is -0.326 e. The number of benzene rings is 2. The fourth-order valence-electron chi connectivity index (χ4n) is 2.61. The smallest absolute Gasteiger partial charge is 0.269 e. The molecule has 29 heavy (non-hydrogen) atoms. The summed E-state index contributed by atoms with van der Waals surface area (Å²) in [6.45, 7) is 2.15. The van der Waals surface area contributed by atoms with Gasteiger partial charge in [0.05, 0.1) is 9.83 Å². The molecule has 1 saturated heterocycles. The number of non-ortho nitro benzene ring substituents is 1. The summed E-state index contributed by atoms with van der Waals surface area (Å²) in [5, 5.41) is 13.3. The predicted octanol–water partition coefficient (Wildman–Crippen LogP) is 4.13. The van der Waals surface area contributed by atoms with Crippen molar-refractivity contribution < 1.29 is 14.5 Å². The van der Waals surface area contributed by atoms with E-state index in [0.29, 0.717) is 14.9 Å². The topological polar surface area (TPSA) is 92.6 Å². The quantitative estimate of drug-likeness (QED) is 0.322. The van der Waals surface area contributed by atoms with Gasteiger partial charge in [-0.25, -0.2) is 0 Å². The number of nitrogens with zero attached hydrogens (tertiary/aromatic N) is 2.